The van der Waals surface area contributed by atoms with E-state index in [1.54, 1.807) is 13.3 Å². The van der Waals surface area contributed by atoms with Crippen LogP contribution in [-0.2, 0) is 4.79 Å². The van der Waals surface area contributed by atoms with Gasteiger partial charge in [0.15, 0.2) is 0 Å². The van der Waals surface area contributed by atoms with E-state index in [2.05, 4.69) is 63.0 Å². The summed E-state index contributed by atoms with van der Waals surface area (Å²) in [6.07, 6.45) is 10.1. The molecule has 0 bridgehead atoms. The van der Waals surface area contributed by atoms with Crippen LogP contribution in [0.5, 0.6) is 0 Å². The van der Waals surface area contributed by atoms with Gasteiger partial charge < -0.3 is 5.11 Å². The maximum absolute atomic E-state index is 10.2. The van der Waals surface area contributed by atoms with Gasteiger partial charge in [-0.15, -0.1) is 0 Å². The summed E-state index contributed by atoms with van der Waals surface area (Å²) >= 11 is 1.27. The van der Waals surface area contributed by atoms with Crippen LogP contribution in [0.4, 0.5) is 0 Å². The monoisotopic (exact) mass is 561 g/mol. The smallest absolute Gasteiger partial charge is 0.328 e. The number of carbonyl (C=O) groups is 1. The third-order valence-electron chi connectivity index (χ3n) is 3.62. The van der Waals surface area contributed by atoms with E-state index in [0.717, 1.165) is 3.20 Å². The van der Waals surface area contributed by atoms with E-state index in [1.807, 2.05) is 0 Å². The van der Waals surface area contributed by atoms with Crippen LogP contribution in [0.2, 0.25) is 33.0 Å². The number of carboxylic acid groups (broad SMARTS) is 1. The van der Waals surface area contributed by atoms with Crippen molar-refractivity contribution in [1.82, 2.24) is 0 Å². The molecule has 1 radical (unpaired) electrons. The normalized spacial score (nSPS) is 12.1. The summed E-state index contributed by atoms with van der Waals surface area (Å²) in [6.45, 7) is 13.4. The van der Waals surface area contributed by atoms with Crippen LogP contribution < -0.4 is 0 Å². The first-order valence-electron chi connectivity index (χ1n) is 9.13. The van der Waals surface area contributed by atoms with E-state index in [-0.39, 0.29) is 0 Å². The Bertz CT molecular complexity index is 308. The molecular weight excluding hydrogens is 522 g/mol. The maximum atomic E-state index is 10.2. The van der Waals surface area contributed by atoms with Crippen molar-refractivity contribution >= 4 is 56.4 Å². The Balaban J connectivity index is 0. The van der Waals surface area contributed by atoms with Crippen molar-refractivity contribution in [2.24, 2.45) is 0 Å². The topological polar surface area (TPSA) is 37.3 Å². The molecule has 0 aliphatic rings. The summed E-state index contributed by atoms with van der Waals surface area (Å²) in [5, 5.41) is 8.39. The Kier molecular flexibility index (Phi) is 18.7. The van der Waals surface area contributed by atoms with Crippen molar-refractivity contribution < 1.29 is 9.90 Å². The third kappa shape index (κ3) is 19.1. The SMILES string of the molecule is CCC[CH2][Sn]([CH2]CCC)[CH2]CCC.C[Si](C)(C)/C(I)=C/C(=O)O. The van der Waals surface area contributed by atoms with Gasteiger partial charge in [0.25, 0.3) is 0 Å². The van der Waals surface area contributed by atoms with Crippen molar-refractivity contribution in [3.63, 3.8) is 0 Å². The van der Waals surface area contributed by atoms with E-state index < -0.39 is 33.8 Å². The number of halogens is 1. The van der Waals surface area contributed by atoms with Crippen molar-refractivity contribution in [2.45, 2.75) is 92.2 Å². The van der Waals surface area contributed by atoms with Gasteiger partial charge in [0, 0.05) is 6.08 Å². The molecule has 0 aromatic heterocycles. The Morgan fingerprint density at radius 1 is 0.957 bits per heavy atom. The Morgan fingerprint density at radius 3 is 1.48 bits per heavy atom. The molecule has 0 fully saturated rings. The second kappa shape index (κ2) is 16.4. The molecule has 0 amide bonds. The van der Waals surface area contributed by atoms with E-state index in [0.29, 0.717) is 0 Å². The average Bonchev–Trinajstić information content (AvgIpc) is 2.45. The quantitative estimate of drug-likeness (QED) is 0.166. The molecule has 0 spiro atoms. The minimum absolute atomic E-state index is 0.839. The fourth-order valence-electron chi connectivity index (χ4n) is 1.98. The fraction of sp³-hybridized carbons (Fsp3) is 0.833. The van der Waals surface area contributed by atoms with Crippen LogP contribution in [0, 0.1) is 0 Å². The molecule has 0 aliphatic heterocycles. The predicted molar refractivity (Wildman–Crippen MR) is 118 cm³/mol. The molecule has 0 saturated carbocycles. The molecular formula is C18H38IO2SiSn. The fourth-order valence-corrected chi connectivity index (χ4v) is 12.3. The molecule has 137 valence electrons. The molecule has 0 heterocycles. The summed E-state index contributed by atoms with van der Waals surface area (Å²) in [5.74, 6) is -0.841. The summed E-state index contributed by atoms with van der Waals surface area (Å²) in [5.41, 5.74) is 0. The standard InChI is InChI=1S/C6H11IO2Si.3C4H9.Sn/c1-10(2,3)5(7)4-6(8)9;3*1-3-4-2;/h4H,1-3H3,(H,8,9);3*1,3-4H2,2H3;/b5-4+;;;;. The molecule has 0 aromatic rings. The van der Waals surface area contributed by atoms with Crippen molar-refractivity contribution in [3.05, 3.63) is 9.28 Å². The van der Waals surface area contributed by atoms with E-state index >= 15 is 0 Å². The van der Waals surface area contributed by atoms with Crippen molar-refractivity contribution in [2.75, 3.05) is 0 Å². The first kappa shape index (κ1) is 26.2. The summed E-state index contributed by atoms with van der Waals surface area (Å²) in [7, 11) is -1.36. The number of carboxylic acids is 1. The molecule has 1 N–H and O–H groups in total. The second-order valence-corrected chi connectivity index (χ2v) is 22.9. The summed E-state index contributed by atoms with van der Waals surface area (Å²) in [4.78, 5) is 10.2. The van der Waals surface area contributed by atoms with Crippen LogP contribution in [-0.4, -0.2) is 38.9 Å². The maximum Gasteiger partial charge on any atom is 0.328 e. The van der Waals surface area contributed by atoms with Gasteiger partial charge in [0.2, 0.25) is 0 Å². The number of hydrogen-bond donors (Lipinski definition) is 1. The van der Waals surface area contributed by atoms with Gasteiger partial charge in [-0.05, 0) is 3.20 Å². The Hall–Kier alpha value is 0.956. The van der Waals surface area contributed by atoms with E-state index in [9.17, 15) is 4.79 Å². The van der Waals surface area contributed by atoms with E-state index in [1.165, 1.54) is 44.6 Å². The Morgan fingerprint density at radius 2 is 1.30 bits per heavy atom. The minimum atomic E-state index is -1.36. The number of rotatable bonds is 11. The van der Waals surface area contributed by atoms with Crippen LogP contribution >= 0.6 is 22.6 Å². The number of unbranched alkanes of at least 4 members (excludes halogenated alkanes) is 3. The van der Waals surface area contributed by atoms with Crippen LogP contribution in [0.15, 0.2) is 9.28 Å². The number of hydrogen-bond acceptors (Lipinski definition) is 1. The molecule has 0 saturated heterocycles. The first-order chi connectivity index (χ1) is 10.7. The molecule has 23 heavy (non-hydrogen) atoms. The average molecular weight is 560 g/mol. The van der Waals surface area contributed by atoms with E-state index in [4.69, 9.17) is 5.11 Å². The zero-order chi connectivity index (χ0) is 18.3. The van der Waals surface area contributed by atoms with Crippen LogP contribution in [0.1, 0.15) is 59.3 Å². The third-order valence-corrected chi connectivity index (χ3v) is 19.4. The molecule has 0 aliphatic carbocycles. The second-order valence-electron chi connectivity index (χ2n) is 7.14. The molecule has 0 rings (SSSR count). The van der Waals surface area contributed by atoms with Crippen molar-refractivity contribution in [1.29, 1.82) is 0 Å². The number of aliphatic carboxylic acids is 1. The van der Waals surface area contributed by atoms with Gasteiger partial charge in [-0.25, -0.2) is 4.79 Å². The van der Waals surface area contributed by atoms with Gasteiger partial charge in [-0.1, -0.05) is 42.2 Å². The largest absolute Gasteiger partial charge is 0.478 e. The Labute approximate surface area is 166 Å². The first-order valence-corrected chi connectivity index (χ1v) is 19.8. The summed E-state index contributed by atoms with van der Waals surface area (Å²) < 4.78 is 6.04. The zero-order valence-electron chi connectivity index (χ0n) is 16.2. The van der Waals surface area contributed by atoms with Gasteiger partial charge in [-0.2, -0.15) is 0 Å². The molecule has 0 aromatic carbocycles. The van der Waals surface area contributed by atoms with Gasteiger partial charge in [0.1, 0.15) is 0 Å². The molecule has 2 nitrogen and oxygen atoms in total. The molecule has 0 atom stereocenters. The van der Waals surface area contributed by atoms with Gasteiger partial charge in [-0.3, -0.25) is 0 Å². The zero-order valence-corrected chi connectivity index (χ0v) is 22.2. The minimum Gasteiger partial charge on any atom is -0.478 e. The van der Waals surface area contributed by atoms with Gasteiger partial charge >= 0.3 is 98.3 Å². The van der Waals surface area contributed by atoms with Crippen LogP contribution in [0.3, 0.4) is 0 Å². The summed E-state index contributed by atoms with van der Waals surface area (Å²) in [6, 6.07) is 0. The van der Waals surface area contributed by atoms with Crippen molar-refractivity contribution in [3.8, 4) is 0 Å². The molecule has 5 heteroatoms. The molecule has 0 unspecified atom stereocenters. The van der Waals surface area contributed by atoms with Crippen LogP contribution in [0.25, 0.3) is 0 Å². The van der Waals surface area contributed by atoms with Gasteiger partial charge in [0.05, 0.1) is 8.07 Å². The predicted octanol–water partition coefficient (Wildman–Crippen LogP) is 7.15.